The van der Waals surface area contributed by atoms with Gasteiger partial charge in [0.25, 0.3) is 0 Å². The molecule has 0 unspecified atom stereocenters. The minimum absolute atomic E-state index is 0.0452. The van der Waals surface area contributed by atoms with Gasteiger partial charge in [0.05, 0.1) is 12.0 Å². The standard InChI is InChI=1S/C11H15NO5S/c1-11(2,10(13)14)12-18(15,16)9-6-4-5-8(7-9)17-3/h4-7,12H,1-3H3,(H,13,14). The van der Waals surface area contributed by atoms with E-state index in [2.05, 4.69) is 4.72 Å². The monoisotopic (exact) mass is 273 g/mol. The van der Waals surface area contributed by atoms with Crippen LogP contribution in [0.15, 0.2) is 29.2 Å². The van der Waals surface area contributed by atoms with Gasteiger partial charge in [-0.05, 0) is 26.0 Å². The maximum atomic E-state index is 12.0. The number of rotatable bonds is 5. The van der Waals surface area contributed by atoms with E-state index >= 15 is 0 Å². The van der Waals surface area contributed by atoms with Crippen molar-refractivity contribution in [2.24, 2.45) is 0 Å². The number of nitrogens with one attached hydrogen (secondary N) is 1. The van der Waals surface area contributed by atoms with E-state index in [1.165, 1.54) is 39.2 Å². The van der Waals surface area contributed by atoms with Crippen molar-refractivity contribution in [3.05, 3.63) is 24.3 Å². The predicted molar refractivity (Wildman–Crippen MR) is 65.0 cm³/mol. The quantitative estimate of drug-likeness (QED) is 0.829. The first kappa shape index (κ1) is 14.5. The van der Waals surface area contributed by atoms with Crippen LogP contribution in [-0.2, 0) is 14.8 Å². The SMILES string of the molecule is COc1cccc(S(=O)(=O)NC(C)(C)C(=O)O)c1. The van der Waals surface area contributed by atoms with E-state index in [9.17, 15) is 13.2 Å². The minimum Gasteiger partial charge on any atom is -0.497 e. The van der Waals surface area contributed by atoms with Gasteiger partial charge < -0.3 is 9.84 Å². The molecule has 0 atom stereocenters. The summed E-state index contributed by atoms with van der Waals surface area (Å²) in [4.78, 5) is 10.9. The van der Waals surface area contributed by atoms with Crippen molar-refractivity contribution in [1.29, 1.82) is 0 Å². The van der Waals surface area contributed by atoms with Crippen molar-refractivity contribution in [1.82, 2.24) is 4.72 Å². The highest BCUT2D eigenvalue weighted by Crippen LogP contribution is 2.18. The van der Waals surface area contributed by atoms with Crippen molar-refractivity contribution in [3.8, 4) is 5.75 Å². The van der Waals surface area contributed by atoms with Crippen molar-refractivity contribution in [2.45, 2.75) is 24.3 Å². The number of ether oxygens (including phenoxy) is 1. The summed E-state index contributed by atoms with van der Waals surface area (Å²) >= 11 is 0. The Balaban J connectivity index is 3.10. The van der Waals surface area contributed by atoms with Gasteiger partial charge in [0.2, 0.25) is 10.0 Å². The molecule has 0 radical (unpaired) electrons. The van der Waals surface area contributed by atoms with Crippen molar-refractivity contribution in [2.75, 3.05) is 7.11 Å². The Labute approximate surface area is 106 Å². The Morgan fingerprint density at radius 1 is 1.39 bits per heavy atom. The van der Waals surface area contributed by atoms with Gasteiger partial charge in [0.15, 0.2) is 0 Å². The normalized spacial score (nSPS) is 12.2. The van der Waals surface area contributed by atoms with Crippen molar-refractivity contribution in [3.63, 3.8) is 0 Å². The molecule has 0 heterocycles. The van der Waals surface area contributed by atoms with Gasteiger partial charge in [0, 0.05) is 6.07 Å². The van der Waals surface area contributed by atoms with Crippen LogP contribution in [0, 0.1) is 0 Å². The number of benzene rings is 1. The fourth-order valence-corrected chi connectivity index (χ4v) is 2.61. The number of sulfonamides is 1. The molecule has 100 valence electrons. The molecule has 0 spiro atoms. The molecular formula is C11H15NO5S. The Hall–Kier alpha value is -1.60. The summed E-state index contributed by atoms with van der Waals surface area (Å²) in [5.74, 6) is -0.875. The number of methoxy groups -OCH3 is 1. The van der Waals surface area contributed by atoms with E-state index < -0.39 is 21.5 Å². The molecule has 0 saturated carbocycles. The molecule has 0 aromatic heterocycles. The fraction of sp³-hybridized carbons (Fsp3) is 0.364. The highest BCUT2D eigenvalue weighted by molar-refractivity contribution is 7.89. The minimum atomic E-state index is -3.91. The van der Waals surface area contributed by atoms with E-state index in [1.807, 2.05) is 0 Å². The molecule has 18 heavy (non-hydrogen) atoms. The summed E-state index contributed by atoms with van der Waals surface area (Å²) in [5.41, 5.74) is -1.58. The van der Waals surface area contributed by atoms with Gasteiger partial charge in [-0.1, -0.05) is 6.07 Å². The van der Waals surface area contributed by atoms with Crippen LogP contribution >= 0.6 is 0 Å². The lowest BCUT2D eigenvalue weighted by molar-refractivity contribution is -0.142. The zero-order valence-corrected chi connectivity index (χ0v) is 11.1. The highest BCUT2D eigenvalue weighted by Gasteiger charge is 2.33. The zero-order valence-electron chi connectivity index (χ0n) is 10.3. The number of hydrogen-bond acceptors (Lipinski definition) is 4. The summed E-state index contributed by atoms with van der Waals surface area (Å²) in [6, 6.07) is 5.80. The van der Waals surface area contributed by atoms with Crippen LogP contribution in [0.1, 0.15) is 13.8 Å². The van der Waals surface area contributed by atoms with Gasteiger partial charge >= 0.3 is 5.97 Å². The van der Waals surface area contributed by atoms with Gasteiger partial charge in [0.1, 0.15) is 11.3 Å². The molecule has 2 N–H and O–H groups in total. The number of carboxylic acids is 1. The fourth-order valence-electron chi connectivity index (χ4n) is 1.21. The summed E-state index contributed by atoms with van der Waals surface area (Å²) in [5, 5.41) is 8.90. The molecule has 1 aromatic carbocycles. The third-order valence-electron chi connectivity index (χ3n) is 2.28. The lowest BCUT2D eigenvalue weighted by Crippen LogP contribution is -2.49. The summed E-state index contributed by atoms with van der Waals surface area (Å²) in [7, 11) is -2.49. The lowest BCUT2D eigenvalue weighted by Gasteiger charge is -2.20. The molecule has 7 heteroatoms. The zero-order chi connectivity index (χ0) is 14.0. The molecule has 0 bridgehead atoms. The Morgan fingerprint density at radius 2 is 2.00 bits per heavy atom. The third-order valence-corrected chi connectivity index (χ3v) is 3.93. The number of carboxylic acid groups (broad SMARTS) is 1. The van der Waals surface area contributed by atoms with Crippen LogP contribution in [0.3, 0.4) is 0 Å². The van der Waals surface area contributed by atoms with E-state index in [0.29, 0.717) is 5.75 Å². The first-order chi connectivity index (χ1) is 8.19. The average molecular weight is 273 g/mol. The van der Waals surface area contributed by atoms with Gasteiger partial charge in [-0.25, -0.2) is 8.42 Å². The summed E-state index contributed by atoms with van der Waals surface area (Å²) < 4.78 is 31.0. The molecule has 0 amide bonds. The van der Waals surface area contributed by atoms with Gasteiger partial charge in [-0.15, -0.1) is 0 Å². The molecule has 6 nitrogen and oxygen atoms in total. The lowest BCUT2D eigenvalue weighted by atomic mass is 10.1. The first-order valence-electron chi connectivity index (χ1n) is 5.10. The van der Waals surface area contributed by atoms with Crippen molar-refractivity contribution >= 4 is 16.0 Å². The van der Waals surface area contributed by atoms with E-state index in [0.717, 1.165) is 0 Å². The average Bonchev–Trinajstić information content (AvgIpc) is 2.27. The van der Waals surface area contributed by atoms with Crippen LogP contribution in [0.4, 0.5) is 0 Å². The Kier molecular flexibility index (Phi) is 3.98. The number of hydrogen-bond donors (Lipinski definition) is 2. The summed E-state index contributed by atoms with van der Waals surface area (Å²) in [6.45, 7) is 2.54. The smallest absolute Gasteiger partial charge is 0.324 e. The number of aliphatic carboxylic acids is 1. The van der Waals surface area contributed by atoms with E-state index in [4.69, 9.17) is 9.84 Å². The first-order valence-corrected chi connectivity index (χ1v) is 6.59. The Morgan fingerprint density at radius 3 is 2.50 bits per heavy atom. The second-order valence-corrected chi connectivity index (χ2v) is 5.90. The molecule has 0 fully saturated rings. The maximum Gasteiger partial charge on any atom is 0.324 e. The molecular weight excluding hydrogens is 258 g/mol. The van der Waals surface area contributed by atoms with Crippen LogP contribution in [-0.4, -0.2) is 32.1 Å². The molecule has 0 aliphatic carbocycles. The molecule has 0 saturated heterocycles. The topological polar surface area (TPSA) is 92.7 Å². The molecule has 0 aliphatic heterocycles. The van der Waals surface area contributed by atoms with Crippen LogP contribution < -0.4 is 9.46 Å². The second kappa shape index (κ2) is 4.95. The van der Waals surface area contributed by atoms with E-state index in [-0.39, 0.29) is 4.90 Å². The van der Waals surface area contributed by atoms with Crippen molar-refractivity contribution < 1.29 is 23.1 Å². The van der Waals surface area contributed by atoms with Crippen LogP contribution in [0.25, 0.3) is 0 Å². The predicted octanol–water partition coefficient (Wildman–Crippen LogP) is 0.837. The van der Waals surface area contributed by atoms with Crippen LogP contribution in [0.5, 0.6) is 5.75 Å². The molecule has 1 rings (SSSR count). The largest absolute Gasteiger partial charge is 0.497 e. The molecule has 0 aliphatic rings. The second-order valence-electron chi connectivity index (χ2n) is 4.21. The summed E-state index contributed by atoms with van der Waals surface area (Å²) in [6.07, 6.45) is 0. The number of carbonyl (C=O) groups is 1. The molecule has 1 aromatic rings. The van der Waals surface area contributed by atoms with Crippen LogP contribution in [0.2, 0.25) is 0 Å². The Bertz CT molecular complexity index is 550. The van der Waals surface area contributed by atoms with E-state index in [1.54, 1.807) is 6.07 Å². The maximum absolute atomic E-state index is 12.0. The highest BCUT2D eigenvalue weighted by atomic mass is 32.2. The third kappa shape index (κ3) is 3.21. The van der Waals surface area contributed by atoms with Gasteiger partial charge in [-0.2, -0.15) is 4.72 Å². The van der Waals surface area contributed by atoms with Gasteiger partial charge in [-0.3, -0.25) is 4.79 Å².